The van der Waals surface area contributed by atoms with Crippen molar-refractivity contribution in [3.8, 4) is 0 Å². The van der Waals surface area contributed by atoms with E-state index in [2.05, 4.69) is 61.5 Å². The molecule has 0 aromatic carbocycles. The molecule has 4 unspecified atom stereocenters. The van der Waals surface area contributed by atoms with Crippen molar-refractivity contribution in [3.63, 3.8) is 0 Å². The monoisotopic (exact) mass is 695 g/mol. The molecule has 0 aromatic rings. The van der Waals surface area contributed by atoms with Crippen molar-refractivity contribution in [2.45, 2.75) is 208 Å². The average Bonchev–Trinajstić information content (AvgIpc) is 3.07. The number of hydrogen-bond acceptors (Lipinski definition) is 4. The van der Waals surface area contributed by atoms with Gasteiger partial charge in [-0.25, -0.2) is 0 Å². The Kier molecular flexibility index (Phi) is 12.9. The molecule has 0 N–H and O–H groups in total. The molecule has 0 radical (unpaired) electrons. The van der Waals surface area contributed by atoms with Crippen molar-refractivity contribution in [3.05, 3.63) is 11.6 Å². The van der Waals surface area contributed by atoms with Gasteiger partial charge in [-0.1, -0.05) is 138 Å². The lowest BCUT2D eigenvalue weighted by molar-refractivity contribution is -0.216. The minimum Gasteiger partial charge on any atom is -0.462 e. The lowest BCUT2D eigenvalue weighted by Crippen LogP contribution is -2.68. The minimum absolute atomic E-state index is 0.00107. The molecular weight excluding hydrogens is 617 g/mol. The number of ketones is 1. The number of carbonyl (C=O) groups excluding carboxylic acids is 2. The van der Waals surface area contributed by atoms with Gasteiger partial charge in [-0.3, -0.25) is 9.59 Å². The summed E-state index contributed by atoms with van der Waals surface area (Å²) in [5.74, 6) is 2.21. The highest BCUT2D eigenvalue weighted by atomic mass is 16.5. The van der Waals surface area contributed by atoms with Crippen LogP contribution in [-0.2, 0) is 19.1 Å². The maximum atomic E-state index is 14.7. The molecule has 0 aliphatic heterocycles. The molecular formula is C46H78O4. The molecule has 0 saturated heterocycles. The first kappa shape index (κ1) is 40.0. The number of rotatable bonds is 16. The van der Waals surface area contributed by atoms with E-state index in [1.165, 1.54) is 82.6 Å². The molecule has 0 aromatic heterocycles. The summed E-state index contributed by atoms with van der Waals surface area (Å²) in [7, 11) is 1.92. The van der Waals surface area contributed by atoms with Gasteiger partial charge >= 0.3 is 5.97 Å². The van der Waals surface area contributed by atoms with E-state index in [-0.39, 0.29) is 45.3 Å². The summed E-state index contributed by atoms with van der Waals surface area (Å²) in [6.07, 6.45) is 28.2. The van der Waals surface area contributed by atoms with Crippen LogP contribution >= 0.6 is 0 Å². The van der Waals surface area contributed by atoms with Gasteiger partial charge in [0.05, 0.1) is 5.60 Å². The van der Waals surface area contributed by atoms with E-state index in [0.29, 0.717) is 35.9 Å². The maximum absolute atomic E-state index is 14.7. The van der Waals surface area contributed by atoms with Crippen LogP contribution in [0.1, 0.15) is 197 Å². The van der Waals surface area contributed by atoms with Crippen LogP contribution in [-0.4, -0.2) is 30.6 Å². The normalized spacial score (nSPS) is 40.6. The Morgan fingerprint density at radius 3 is 1.96 bits per heavy atom. The van der Waals surface area contributed by atoms with Crippen molar-refractivity contribution < 1.29 is 19.1 Å². The molecule has 4 saturated carbocycles. The Bertz CT molecular complexity index is 1200. The van der Waals surface area contributed by atoms with Crippen LogP contribution < -0.4 is 0 Å². The van der Waals surface area contributed by atoms with Crippen LogP contribution in [0.15, 0.2) is 11.6 Å². The Labute approximate surface area is 308 Å². The lowest BCUT2D eigenvalue weighted by Gasteiger charge is -2.70. The highest BCUT2D eigenvalue weighted by molar-refractivity contribution is 5.95. The zero-order chi connectivity index (χ0) is 36.4. The lowest BCUT2D eigenvalue weighted by atomic mass is 9.34. The van der Waals surface area contributed by atoms with Crippen LogP contribution in [0.3, 0.4) is 0 Å². The van der Waals surface area contributed by atoms with E-state index < -0.39 is 0 Å². The van der Waals surface area contributed by atoms with Gasteiger partial charge in [0.25, 0.3) is 0 Å². The zero-order valence-corrected chi connectivity index (χ0v) is 34.2. The second-order valence-electron chi connectivity index (χ2n) is 19.7. The number of ether oxygens (including phenoxy) is 2. The first-order valence-electron chi connectivity index (χ1n) is 21.7. The third kappa shape index (κ3) is 7.21. The minimum atomic E-state index is -0.156. The van der Waals surface area contributed by atoms with Crippen LogP contribution in [0.5, 0.6) is 0 Å². The molecule has 0 bridgehead atoms. The van der Waals surface area contributed by atoms with Crippen LogP contribution in [0.25, 0.3) is 0 Å². The topological polar surface area (TPSA) is 52.6 Å². The number of allylic oxidation sites excluding steroid dienone is 1. The average molecular weight is 695 g/mol. The molecule has 4 heteroatoms. The van der Waals surface area contributed by atoms with Crippen molar-refractivity contribution in [1.29, 1.82) is 0 Å². The number of unbranched alkanes of at least 4 members (excludes halogenated alkanes) is 12. The van der Waals surface area contributed by atoms with E-state index in [9.17, 15) is 9.59 Å². The van der Waals surface area contributed by atoms with Gasteiger partial charge in [0.1, 0.15) is 6.10 Å². The van der Waals surface area contributed by atoms with Crippen LogP contribution in [0, 0.1) is 51.2 Å². The number of esters is 1. The number of methoxy groups -OCH3 is 1. The van der Waals surface area contributed by atoms with Gasteiger partial charge in [-0.2, -0.15) is 0 Å². The van der Waals surface area contributed by atoms with Gasteiger partial charge < -0.3 is 9.47 Å². The van der Waals surface area contributed by atoms with Crippen molar-refractivity contribution in [2.24, 2.45) is 51.2 Å². The standard InChI is InChI=1S/C46H78O4/c1-10-11-12-13-14-15-16-17-18-19-20-21-22-23-39(48)50-38-26-27-43(6)37(42(38,4)5)25-28-45(8)41(43)36(47)32-35-40-34(3)33(2)24-29-46(40,49-9)31-30-44(35,45)7/h32-34,37-38,40-41H,10-31H2,1-9H3/t33-,34+,37?,38?,40?,41?,43+,44-,45-,46+/m1/s1. The van der Waals surface area contributed by atoms with Crippen LogP contribution in [0.4, 0.5) is 0 Å². The third-order valence-electron chi connectivity index (χ3n) is 16.8. The molecule has 10 atom stereocenters. The molecule has 5 aliphatic rings. The summed E-state index contributed by atoms with van der Waals surface area (Å²) in [4.78, 5) is 27.9. The molecule has 5 aliphatic carbocycles. The summed E-state index contributed by atoms with van der Waals surface area (Å²) < 4.78 is 12.8. The number of fused-ring (bicyclic) bond motifs is 7. The first-order chi connectivity index (χ1) is 23.7. The third-order valence-corrected chi connectivity index (χ3v) is 16.8. The van der Waals surface area contributed by atoms with Gasteiger partial charge in [0.15, 0.2) is 5.78 Å². The number of hydrogen-bond donors (Lipinski definition) is 0. The Morgan fingerprint density at radius 2 is 1.36 bits per heavy atom. The second kappa shape index (κ2) is 16.1. The molecule has 4 fully saturated rings. The zero-order valence-electron chi connectivity index (χ0n) is 34.2. The van der Waals surface area contributed by atoms with Crippen LogP contribution in [0.2, 0.25) is 0 Å². The van der Waals surface area contributed by atoms with E-state index in [1.807, 2.05) is 7.11 Å². The van der Waals surface area contributed by atoms with E-state index in [1.54, 1.807) is 0 Å². The smallest absolute Gasteiger partial charge is 0.306 e. The predicted molar refractivity (Wildman–Crippen MR) is 207 cm³/mol. The van der Waals surface area contributed by atoms with Crippen molar-refractivity contribution in [1.82, 2.24) is 0 Å². The number of carbonyl (C=O) groups is 2. The van der Waals surface area contributed by atoms with Crippen molar-refractivity contribution in [2.75, 3.05) is 7.11 Å². The second-order valence-corrected chi connectivity index (χ2v) is 19.7. The largest absolute Gasteiger partial charge is 0.462 e. The molecule has 4 nitrogen and oxygen atoms in total. The molecule has 0 amide bonds. The van der Waals surface area contributed by atoms with Gasteiger partial charge in [0.2, 0.25) is 0 Å². The predicted octanol–water partition coefficient (Wildman–Crippen LogP) is 12.6. The summed E-state index contributed by atoms with van der Waals surface area (Å²) in [5.41, 5.74) is 0.963. The SMILES string of the molecule is CCCCCCCCCCCCCCCC(=O)OC1CC[C@@]2(C)C(CC[C@]3(C)C2C(=O)C=C2C4[C@@H](C)[C@H](C)CC[C@]4(OC)CC[C@]23C)C1(C)C. The Hall–Kier alpha value is -1.16. The Balaban J connectivity index is 1.17. The molecule has 286 valence electrons. The fourth-order valence-electron chi connectivity index (χ4n) is 13.3. The fraction of sp³-hybridized carbons (Fsp3) is 0.913. The summed E-state index contributed by atoms with van der Waals surface area (Å²) in [5, 5.41) is 0. The summed E-state index contributed by atoms with van der Waals surface area (Å²) in [6, 6.07) is 0. The summed E-state index contributed by atoms with van der Waals surface area (Å²) >= 11 is 0. The fourth-order valence-corrected chi connectivity index (χ4v) is 13.3. The van der Waals surface area contributed by atoms with Gasteiger partial charge in [0, 0.05) is 30.8 Å². The quantitative estimate of drug-likeness (QED) is 0.119. The highest BCUT2D eigenvalue weighted by Crippen LogP contribution is 2.74. The van der Waals surface area contributed by atoms with Gasteiger partial charge in [-0.05, 0) is 97.9 Å². The molecule has 50 heavy (non-hydrogen) atoms. The molecule has 5 rings (SSSR count). The molecule has 0 heterocycles. The maximum Gasteiger partial charge on any atom is 0.306 e. The van der Waals surface area contributed by atoms with Gasteiger partial charge in [-0.15, -0.1) is 0 Å². The van der Waals surface area contributed by atoms with E-state index in [0.717, 1.165) is 57.8 Å². The first-order valence-corrected chi connectivity index (χ1v) is 21.7. The highest BCUT2D eigenvalue weighted by Gasteiger charge is 2.71. The molecule has 0 spiro atoms. The van der Waals surface area contributed by atoms with E-state index in [4.69, 9.17) is 9.47 Å². The summed E-state index contributed by atoms with van der Waals surface area (Å²) in [6.45, 7) is 19.3. The van der Waals surface area contributed by atoms with Crippen molar-refractivity contribution >= 4 is 11.8 Å². The Morgan fingerprint density at radius 1 is 0.760 bits per heavy atom. The van der Waals surface area contributed by atoms with E-state index >= 15 is 0 Å².